The van der Waals surface area contributed by atoms with Crippen molar-refractivity contribution in [3.8, 4) is 0 Å². The predicted octanol–water partition coefficient (Wildman–Crippen LogP) is 2.20. The largest absolute Gasteiger partial charge is 0.491 e. The Kier molecular flexibility index (Phi) is 2.30. The molecule has 1 aliphatic rings. The molecule has 0 unspecified atom stereocenters. The second kappa shape index (κ2) is 3.46. The van der Waals surface area contributed by atoms with Crippen molar-refractivity contribution in [1.82, 2.24) is 0 Å². The molecule has 1 aromatic rings. The smallest absolute Gasteiger partial charge is 0.133 e. The zero-order chi connectivity index (χ0) is 10.0. The van der Waals surface area contributed by atoms with E-state index in [1.165, 1.54) is 0 Å². The van der Waals surface area contributed by atoms with E-state index in [0.717, 1.165) is 5.56 Å². The summed E-state index contributed by atoms with van der Waals surface area (Å²) in [7, 11) is 0. The molecule has 74 valence electrons. The molecule has 0 aromatic heterocycles. The van der Waals surface area contributed by atoms with Gasteiger partial charge in [0.05, 0.1) is 12.4 Å². The summed E-state index contributed by atoms with van der Waals surface area (Å²) >= 11 is 0. The number of hydrogen-bond acceptors (Lipinski definition) is 2. The fourth-order valence-electron chi connectivity index (χ4n) is 1.77. The fraction of sp³-hybridized carbons (Fsp3) is 0.333. The van der Waals surface area contributed by atoms with Gasteiger partial charge in [-0.15, -0.1) is 0 Å². The average Bonchev–Trinajstić information content (AvgIpc) is 2.19. The van der Waals surface area contributed by atoms with Gasteiger partial charge in [0.25, 0.3) is 0 Å². The minimum absolute atomic E-state index is 0.393. The molecular weight excluding hydrogens is 176 g/mol. The van der Waals surface area contributed by atoms with Crippen LogP contribution in [0.15, 0.2) is 42.7 Å². The van der Waals surface area contributed by atoms with Crippen LogP contribution in [-0.2, 0) is 10.3 Å². The van der Waals surface area contributed by atoms with Gasteiger partial charge in [-0.3, -0.25) is 0 Å². The third-order valence-corrected chi connectivity index (χ3v) is 2.61. The summed E-state index contributed by atoms with van der Waals surface area (Å²) in [6.07, 6.45) is 3.45. The zero-order valence-corrected chi connectivity index (χ0v) is 8.18. The van der Waals surface area contributed by atoms with Crippen molar-refractivity contribution in [3.63, 3.8) is 0 Å². The zero-order valence-electron chi connectivity index (χ0n) is 8.18. The lowest BCUT2D eigenvalue weighted by Crippen LogP contribution is -2.31. The van der Waals surface area contributed by atoms with E-state index in [2.05, 4.69) is 0 Å². The molecule has 0 radical (unpaired) electrons. The van der Waals surface area contributed by atoms with Crippen molar-refractivity contribution in [2.45, 2.75) is 25.0 Å². The second-order valence-corrected chi connectivity index (χ2v) is 3.81. The molecule has 0 fully saturated rings. The van der Waals surface area contributed by atoms with Crippen LogP contribution in [-0.4, -0.2) is 11.2 Å². The highest BCUT2D eigenvalue weighted by molar-refractivity contribution is 5.23. The molecule has 2 rings (SSSR count). The molecule has 1 aliphatic heterocycles. The van der Waals surface area contributed by atoms with Crippen LogP contribution < -0.4 is 0 Å². The maximum atomic E-state index is 9.54. The molecule has 14 heavy (non-hydrogen) atoms. The highest BCUT2D eigenvalue weighted by Gasteiger charge is 2.32. The van der Waals surface area contributed by atoms with Crippen molar-refractivity contribution in [1.29, 1.82) is 0 Å². The summed E-state index contributed by atoms with van der Waals surface area (Å²) in [5.74, 6) is 0. The lowest BCUT2D eigenvalue weighted by Gasteiger charge is -2.33. The van der Waals surface area contributed by atoms with Gasteiger partial charge >= 0.3 is 0 Å². The Labute approximate surface area is 83.8 Å². The Hall–Kier alpha value is -1.28. The van der Waals surface area contributed by atoms with E-state index in [-0.39, 0.29) is 0 Å². The van der Waals surface area contributed by atoms with Crippen LogP contribution in [0.25, 0.3) is 0 Å². The summed E-state index contributed by atoms with van der Waals surface area (Å²) in [6.45, 7) is 2.00. The lowest BCUT2D eigenvalue weighted by atomic mass is 9.88. The van der Waals surface area contributed by atoms with Gasteiger partial charge in [-0.25, -0.2) is 0 Å². The number of aliphatic hydroxyl groups is 1. The van der Waals surface area contributed by atoms with E-state index >= 15 is 0 Å². The first-order valence-electron chi connectivity index (χ1n) is 4.79. The Morgan fingerprint density at radius 1 is 1.36 bits per heavy atom. The first kappa shape index (κ1) is 9.28. The van der Waals surface area contributed by atoms with Gasteiger partial charge in [-0.2, -0.15) is 0 Å². The first-order valence-corrected chi connectivity index (χ1v) is 4.79. The summed E-state index contributed by atoms with van der Waals surface area (Å²) in [5.41, 5.74) is 0.707. The highest BCUT2D eigenvalue weighted by Crippen LogP contribution is 2.33. The van der Waals surface area contributed by atoms with E-state index in [4.69, 9.17) is 4.74 Å². The van der Waals surface area contributed by atoms with Crippen LogP contribution in [0.5, 0.6) is 0 Å². The maximum Gasteiger partial charge on any atom is 0.133 e. The second-order valence-electron chi connectivity index (χ2n) is 3.81. The molecule has 0 saturated carbocycles. The molecule has 1 heterocycles. The van der Waals surface area contributed by atoms with E-state index in [1.54, 1.807) is 12.3 Å². The highest BCUT2D eigenvalue weighted by atomic mass is 16.5. The lowest BCUT2D eigenvalue weighted by molar-refractivity contribution is -0.0200. The van der Waals surface area contributed by atoms with Crippen LogP contribution in [0.2, 0.25) is 0 Å². The Balaban J connectivity index is 2.29. The molecular formula is C12H14O2. The number of ether oxygens (including phenoxy) is 1. The van der Waals surface area contributed by atoms with E-state index in [9.17, 15) is 5.11 Å². The predicted molar refractivity (Wildman–Crippen MR) is 54.6 cm³/mol. The van der Waals surface area contributed by atoms with E-state index in [1.807, 2.05) is 37.3 Å². The van der Waals surface area contributed by atoms with Gasteiger partial charge in [-0.05, 0) is 18.6 Å². The summed E-state index contributed by atoms with van der Waals surface area (Å²) in [6, 6.07) is 9.98. The van der Waals surface area contributed by atoms with E-state index in [0.29, 0.717) is 6.42 Å². The third-order valence-electron chi connectivity index (χ3n) is 2.61. The normalized spacial score (nSPS) is 31.1. The first-order chi connectivity index (χ1) is 6.71. The molecule has 0 saturated heterocycles. The van der Waals surface area contributed by atoms with Crippen molar-refractivity contribution < 1.29 is 9.84 Å². The van der Waals surface area contributed by atoms with Gasteiger partial charge in [0.15, 0.2) is 0 Å². The van der Waals surface area contributed by atoms with E-state index < -0.39 is 11.7 Å². The van der Waals surface area contributed by atoms with Gasteiger partial charge in [0, 0.05) is 6.42 Å². The monoisotopic (exact) mass is 190 g/mol. The molecule has 2 nitrogen and oxygen atoms in total. The Morgan fingerprint density at radius 3 is 2.71 bits per heavy atom. The molecule has 0 amide bonds. The van der Waals surface area contributed by atoms with Gasteiger partial charge < -0.3 is 9.84 Å². The Morgan fingerprint density at radius 2 is 2.07 bits per heavy atom. The standard InChI is InChI=1S/C12H14O2/c1-12(9-11(13)7-8-14-12)10-5-3-2-4-6-10/h2-8,11,13H,9H2,1H3/t11-,12-/m1/s1. The van der Waals surface area contributed by atoms with Crippen LogP contribution in [0.3, 0.4) is 0 Å². The van der Waals surface area contributed by atoms with Crippen LogP contribution in [0, 0.1) is 0 Å². The molecule has 0 spiro atoms. The fourth-order valence-corrected chi connectivity index (χ4v) is 1.77. The topological polar surface area (TPSA) is 29.5 Å². The summed E-state index contributed by atoms with van der Waals surface area (Å²) in [5, 5.41) is 9.54. The van der Waals surface area contributed by atoms with Crippen LogP contribution in [0.1, 0.15) is 18.9 Å². The molecule has 1 N–H and O–H groups in total. The summed E-state index contributed by atoms with van der Waals surface area (Å²) in [4.78, 5) is 0. The van der Waals surface area contributed by atoms with Crippen molar-refractivity contribution >= 4 is 0 Å². The van der Waals surface area contributed by atoms with Gasteiger partial charge in [0.1, 0.15) is 5.60 Å². The third kappa shape index (κ3) is 1.66. The minimum Gasteiger partial charge on any atom is -0.491 e. The minimum atomic E-state index is -0.408. The number of aliphatic hydroxyl groups excluding tert-OH is 1. The number of benzene rings is 1. The van der Waals surface area contributed by atoms with Crippen molar-refractivity contribution in [3.05, 3.63) is 48.2 Å². The Bertz CT molecular complexity index is 331. The van der Waals surface area contributed by atoms with Gasteiger partial charge in [0.2, 0.25) is 0 Å². The maximum absolute atomic E-state index is 9.54. The summed E-state index contributed by atoms with van der Waals surface area (Å²) < 4.78 is 5.58. The van der Waals surface area contributed by atoms with Crippen LogP contribution >= 0.6 is 0 Å². The average molecular weight is 190 g/mol. The van der Waals surface area contributed by atoms with Crippen LogP contribution in [0.4, 0.5) is 0 Å². The molecule has 2 atom stereocenters. The number of hydrogen-bond donors (Lipinski definition) is 1. The van der Waals surface area contributed by atoms with Crippen molar-refractivity contribution in [2.75, 3.05) is 0 Å². The molecule has 1 aromatic carbocycles. The molecule has 2 heteroatoms. The number of rotatable bonds is 1. The molecule has 0 bridgehead atoms. The van der Waals surface area contributed by atoms with Gasteiger partial charge in [-0.1, -0.05) is 30.3 Å². The SMILES string of the molecule is C[C@]1(c2ccccc2)C[C@H](O)C=CO1. The molecule has 0 aliphatic carbocycles. The quantitative estimate of drug-likeness (QED) is 0.735. The van der Waals surface area contributed by atoms with Crippen molar-refractivity contribution in [2.24, 2.45) is 0 Å².